The van der Waals surface area contributed by atoms with Gasteiger partial charge in [0.05, 0.1) is 17.8 Å². The summed E-state index contributed by atoms with van der Waals surface area (Å²) in [6, 6.07) is 25.5. The molecule has 1 saturated heterocycles. The highest BCUT2D eigenvalue weighted by molar-refractivity contribution is 7.80. The minimum absolute atomic E-state index is 0.0268. The molecule has 1 aliphatic heterocycles. The van der Waals surface area contributed by atoms with Crippen molar-refractivity contribution in [2.75, 3.05) is 23.9 Å². The number of rotatable bonds is 5. The third-order valence-corrected chi connectivity index (χ3v) is 7.14. The van der Waals surface area contributed by atoms with Crippen LogP contribution in [0.25, 0.3) is 5.69 Å². The number of aryl methyl sites for hydroxylation is 2. The predicted molar refractivity (Wildman–Crippen MR) is 149 cm³/mol. The van der Waals surface area contributed by atoms with Crippen LogP contribution < -0.4 is 15.1 Å². The molecular formula is C29H31N5S. The number of nitrogens with one attached hydrogen (secondary N) is 1. The maximum absolute atomic E-state index is 5.90. The van der Waals surface area contributed by atoms with Gasteiger partial charge in [-0.15, -0.1) is 0 Å². The molecule has 0 radical (unpaired) electrons. The Labute approximate surface area is 213 Å². The van der Waals surface area contributed by atoms with E-state index in [0.29, 0.717) is 0 Å². The average Bonchev–Trinajstić information content (AvgIpc) is 3.35. The predicted octanol–water partition coefficient (Wildman–Crippen LogP) is 6.04. The van der Waals surface area contributed by atoms with Crippen molar-refractivity contribution < 1.29 is 0 Å². The van der Waals surface area contributed by atoms with E-state index in [-0.39, 0.29) is 12.1 Å². The van der Waals surface area contributed by atoms with Gasteiger partial charge in [-0.25, -0.2) is 0 Å². The van der Waals surface area contributed by atoms with E-state index in [0.717, 1.165) is 22.2 Å². The van der Waals surface area contributed by atoms with E-state index in [1.165, 1.54) is 28.2 Å². The number of thiocarbonyl (C=S) groups is 1. The van der Waals surface area contributed by atoms with Crippen molar-refractivity contribution in [3.05, 3.63) is 107 Å². The minimum atomic E-state index is -0.0601. The number of pyridine rings is 1. The van der Waals surface area contributed by atoms with Gasteiger partial charge >= 0.3 is 0 Å². The van der Waals surface area contributed by atoms with Crippen molar-refractivity contribution in [1.29, 1.82) is 0 Å². The number of hydrogen-bond acceptors (Lipinski definition) is 3. The van der Waals surface area contributed by atoms with Crippen LogP contribution in [-0.4, -0.2) is 28.8 Å². The highest BCUT2D eigenvalue weighted by Crippen LogP contribution is 2.43. The second-order valence-corrected chi connectivity index (χ2v) is 9.79. The van der Waals surface area contributed by atoms with Crippen molar-refractivity contribution in [1.82, 2.24) is 14.9 Å². The van der Waals surface area contributed by atoms with Gasteiger partial charge in [0.15, 0.2) is 5.11 Å². The second-order valence-electron chi connectivity index (χ2n) is 9.40. The molecule has 0 amide bonds. The van der Waals surface area contributed by atoms with Crippen LogP contribution in [-0.2, 0) is 0 Å². The first-order valence-electron chi connectivity index (χ1n) is 11.9. The summed E-state index contributed by atoms with van der Waals surface area (Å²) in [5, 5.41) is 4.29. The van der Waals surface area contributed by atoms with Gasteiger partial charge in [0.1, 0.15) is 0 Å². The second kappa shape index (κ2) is 9.19. The van der Waals surface area contributed by atoms with E-state index in [9.17, 15) is 0 Å². The summed E-state index contributed by atoms with van der Waals surface area (Å²) >= 11 is 5.90. The van der Waals surface area contributed by atoms with Crippen molar-refractivity contribution in [3.8, 4) is 5.69 Å². The largest absolute Gasteiger partial charge is 0.378 e. The molecule has 4 aromatic rings. The Morgan fingerprint density at radius 1 is 0.886 bits per heavy atom. The maximum Gasteiger partial charge on any atom is 0.174 e. The quantitative estimate of drug-likeness (QED) is 0.352. The Morgan fingerprint density at radius 2 is 1.57 bits per heavy atom. The highest BCUT2D eigenvalue weighted by Gasteiger charge is 2.42. The Morgan fingerprint density at radius 3 is 2.20 bits per heavy atom. The van der Waals surface area contributed by atoms with E-state index in [2.05, 4.69) is 115 Å². The molecule has 5 rings (SSSR count). The molecule has 0 bridgehead atoms. The molecule has 2 aromatic carbocycles. The summed E-state index contributed by atoms with van der Waals surface area (Å²) in [5.74, 6) is 0. The molecule has 1 aliphatic rings. The van der Waals surface area contributed by atoms with Gasteiger partial charge in [0.25, 0.3) is 0 Å². The summed E-state index contributed by atoms with van der Waals surface area (Å²) in [4.78, 5) is 9.06. The Hall–Kier alpha value is -3.64. The van der Waals surface area contributed by atoms with Gasteiger partial charge in [-0.2, -0.15) is 0 Å². The molecule has 3 heterocycles. The van der Waals surface area contributed by atoms with E-state index in [1.54, 1.807) is 0 Å². The topological polar surface area (TPSA) is 36.3 Å². The van der Waals surface area contributed by atoms with Crippen molar-refractivity contribution in [2.24, 2.45) is 0 Å². The molecule has 5 nitrogen and oxygen atoms in total. The van der Waals surface area contributed by atoms with Gasteiger partial charge in [0, 0.05) is 48.7 Å². The standard InChI is InChI=1S/C29H31N5S/c1-19-9-11-24(12-10-19)34-28(27(31-29(34)35)26-8-6-7-17-30-26)25-18-20(2)33(21(25)3)23-15-13-22(14-16-23)32(4)5/h6-18,27-28H,1-5H3,(H,31,35). The lowest BCUT2D eigenvalue weighted by Crippen LogP contribution is -2.29. The number of anilines is 2. The summed E-state index contributed by atoms with van der Waals surface area (Å²) in [6.45, 7) is 6.48. The smallest absolute Gasteiger partial charge is 0.174 e. The lowest BCUT2D eigenvalue weighted by molar-refractivity contribution is 0.565. The lowest BCUT2D eigenvalue weighted by Gasteiger charge is -2.28. The first kappa shape index (κ1) is 23.1. The lowest BCUT2D eigenvalue weighted by atomic mass is 9.96. The van der Waals surface area contributed by atoms with Crippen LogP contribution in [0, 0.1) is 20.8 Å². The average molecular weight is 482 g/mol. The third-order valence-electron chi connectivity index (χ3n) is 6.82. The highest BCUT2D eigenvalue weighted by atomic mass is 32.1. The molecule has 2 atom stereocenters. The van der Waals surface area contributed by atoms with Crippen LogP contribution in [0.4, 0.5) is 11.4 Å². The number of aromatic nitrogens is 2. The van der Waals surface area contributed by atoms with Crippen molar-refractivity contribution >= 4 is 28.7 Å². The summed E-state index contributed by atoms with van der Waals surface area (Å²) in [5.41, 5.74) is 9.26. The van der Waals surface area contributed by atoms with Gasteiger partial charge in [-0.05, 0) is 93.1 Å². The molecule has 2 unspecified atom stereocenters. The molecule has 0 aliphatic carbocycles. The first-order valence-corrected chi connectivity index (χ1v) is 12.3. The van der Waals surface area contributed by atoms with Crippen LogP contribution in [0.2, 0.25) is 0 Å². The fourth-order valence-corrected chi connectivity index (χ4v) is 5.38. The Kier molecular flexibility index (Phi) is 6.07. The monoisotopic (exact) mass is 481 g/mol. The van der Waals surface area contributed by atoms with E-state index in [4.69, 9.17) is 17.2 Å². The molecular weight excluding hydrogens is 450 g/mol. The van der Waals surface area contributed by atoms with Gasteiger partial charge in [0.2, 0.25) is 0 Å². The molecule has 0 spiro atoms. The third kappa shape index (κ3) is 4.19. The Bertz CT molecular complexity index is 1340. The molecule has 178 valence electrons. The van der Waals surface area contributed by atoms with Crippen molar-refractivity contribution in [2.45, 2.75) is 32.9 Å². The summed E-state index contributed by atoms with van der Waals surface area (Å²) < 4.78 is 2.33. The van der Waals surface area contributed by atoms with Gasteiger partial charge in [-0.1, -0.05) is 23.8 Å². The SMILES string of the molecule is Cc1ccc(N2C(=S)NC(c3ccccn3)C2c2cc(C)n(-c3ccc(N(C)C)cc3)c2C)cc1. The normalized spacial score (nSPS) is 17.5. The zero-order valence-corrected chi connectivity index (χ0v) is 21.7. The van der Waals surface area contributed by atoms with Gasteiger partial charge in [-0.3, -0.25) is 4.98 Å². The number of benzene rings is 2. The first-order chi connectivity index (χ1) is 16.8. The number of nitrogens with zero attached hydrogens (tertiary/aromatic N) is 4. The summed E-state index contributed by atoms with van der Waals surface area (Å²) in [7, 11) is 4.12. The van der Waals surface area contributed by atoms with Crippen LogP contribution in [0.1, 0.15) is 40.3 Å². The maximum atomic E-state index is 5.90. The van der Waals surface area contributed by atoms with Crippen LogP contribution >= 0.6 is 12.2 Å². The van der Waals surface area contributed by atoms with Crippen molar-refractivity contribution in [3.63, 3.8) is 0 Å². The number of hydrogen-bond donors (Lipinski definition) is 1. The fourth-order valence-electron chi connectivity index (χ4n) is 5.04. The van der Waals surface area contributed by atoms with E-state index in [1.807, 2.05) is 18.3 Å². The van der Waals surface area contributed by atoms with Crippen LogP contribution in [0.5, 0.6) is 0 Å². The molecule has 6 heteroatoms. The minimum Gasteiger partial charge on any atom is -0.378 e. The molecule has 0 saturated carbocycles. The molecule has 1 N–H and O–H groups in total. The van der Waals surface area contributed by atoms with Crippen LogP contribution in [0.3, 0.4) is 0 Å². The van der Waals surface area contributed by atoms with Crippen LogP contribution in [0.15, 0.2) is 79.0 Å². The fraction of sp³-hybridized carbons (Fsp3) is 0.241. The summed E-state index contributed by atoms with van der Waals surface area (Å²) in [6.07, 6.45) is 1.85. The zero-order chi connectivity index (χ0) is 24.7. The zero-order valence-electron chi connectivity index (χ0n) is 20.9. The Balaban J connectivity index is 1.64. The van der Waals surface area contributed by atoms with E-state index >= 15 is 0 Å². The molecule has 1 fully saturated rings. The molecule has 2 aromatic heterocycles. The van der Waals surface area contributed by atoms with Gasteiger partial charge < -0.3 is 19.7 Å². The van der Waals surface area contributed by atoms with E-state index < -0.39 is 0 Å². The molecule has 35 heavy (non-hydrogen) atoms.